The van der Waals surface area contributed by atoms with Crippen LogP contribution in [0.15, 0.2) is 53.7 Å². The van der Waals surface area contributed by atoms with Crippen molar-refractivity contribution in [3.63, 3.8) is 0 Å². The number of hydrogen-bond acceptors (Lipinski definition) is 6. The summed E-state index contributed by atoms with van der Waals surface area (Å²) in [7, 11) is 0. The largest absolute Gasteiger partial charge is 0.290 e. The number of carbonyl (C=O) groups excluding carboxylic acids is 2. The molecule has 3 aromatic heterocycles. The maximum Gasteiger partial charge on any atom is 0.290 e. The van der Waals surface area contributed by atoms with Crippen LogP contribution in [0.3, 0.4) is 0 Å². The van der Waals surface area contributed by atoms with Gasteiger partial charge in [-0.15, -0.1) is 0 Å². The third kappa shape index (κ3) is 4.54. The van der Waals surface area contributed by atoms with Crippen molar-refractivity contribution in [2.24, 2.45) is 0 Å². The summed E-state index contributed by atoms with van der Waals surface area (Å²) in [6.07, 6.45) is 3.82. The van der Waals surface area contributed by atoms with Crippen LogP contribution in [-0.2, 0) is 6.54 Å². The number of pyridine rings is 2. The maximum atomic E-state index is 13.2. The fourth-order valence-corrected chi connectivity index (χ4v) is 2.40. The Morgan fingerprint density at radius 3 is 2.68 bits per heavy atom. The number of carbonyl (C=O) groups is 2. The number of nitrogens with zero attached hydrogens (tertiary/aromatic N) is 4. The minimum atomic E-state index is -0.764. The lowest BCUT2D eigenvalue weighted by molar-refractivity contribution is 0.0842. The molecule has 3 heterocycles. The minimum absolute atomic E-state index is 0.0235. The topological polar surface area (TPSA) is 119 Å². The van der Waals surface area contributed by atoms with E-state index in [1.54, 1.807) is 0 Å². The van der Waals surface area contributed by atoms with E-state index in [-0.39, 0.29) is 23.0 Å². The molecular formula is C17H12ClFN6O3. The summed E-state index contributed by atoms with van der Waals surface area (Å²) in [5.74, 6) is -2.00. The Morgan fingerprint density at radius 2 is 1.93 bits per heavy atom. The van der Waals surface area contributed by atoms with Gasteiger partial charge in [0.1, 0.15) is 11.0 Å². The van der Waals surface area contributed by atoms with Crippen LogP contribution >= 0.6 is 11.6 Å². The summed E-state index contributed by atoms with van der Waals surface area (Å²) in [6.45, 7) is -0.0810. The highest BCUT2D eigenvalue weighted by Crippen LogP contribution is 2.10. The molecule has 3 aromatic rings. The molecule has 0 aliphatic heterocycles. The molecule has 2 amide bonds. The molecule has 0 bridgehead atoms. The molecule has 0 saturated carbocycles. The molecule has 142 valence electrons. The fourth-order valence-electron chi connectivity index (χ4n) is 2.20. The summed E-state index contributed by atoms with van der Waals surface area (Å²) in [5, 5.41) is 3.89. The van der Waals surface area contributed by atoms with Crippen LogP contribution in [0, 0.1) is 5.82 Å². The second kappa shape index (κ2) is 8.35. The maximum absolute atomic E-state index is 13.2. The van der Waals surface area contributed by atoms with Gasteiger partial charge in [0.05, 0.1) is 18.3 Å². The number of halogens is 2. The van der Waals surface area contributed by atoms with Gasteiger partial charge in [0, 0.05) is 18.5 Å². The van der Waals surface area contributed by atoms with Crippen molar-refractivity contribution in [2.75, 3.05) is 0 Å². The highest BCUT2D eigenvalue weighted by Gasteiger charge is 2.14. The first kappa shape index (κ1) is 19.1. The molecule has 0 unspecified atom stereocenters. The van der Waals surface area contributed by atoms with Crippen LogP contribution in [0.2, 0.25) is 5.15 Å². The van der Waals surface area contributed by atoms with E-state index in [4.69, 9.17) is 11.6 Å². The van der Waals surface area contributed by atoms with Gasteiger partial charge >= 0.3 is 0 Å². The average molecular weight is 403 g/mol. The van der Waals surface area contributed by atoms with Crippen molar-refractivity contribution in [2.45, 2.75) is 6.54 Å². The highest BCUT2D eigenvalue weighted by molar-refractivity contribution is 6.32. The zero-order chi connectivity index (χ0) is 20.1. The van der Waals surface area contributed by atoms with E-state index in [0.29, 0.717) is 5.56 Å². The molecule has 0 aromatic carbocycles. The van der Waals surface area contributed by atoms with Crippen LogP contribution < -0.4 is 16.4 Å². The molecule has 28 heavy (non-hydrogen) atoms. The molecule has 9 nitrogen and oxygen atoms in total. The molecule has 0 radical (unpaired) electrons. The minimum Gasteiger partial charge on any atom is -0.268 e. The summed E-state index contributed by atoms with van der Waals surface area (Å²) >= 11 is 5.81. The summed E-state index contributed by atoms with van der Waals surface area (Å²) in [4.78, 5) is 43.6. The first-order valence-corrected chi connectivity index (χ1v) is 8.20. The van der Waals surface area contributed by atoms with Crippen LogP contribution in [0.5, 0.6) is 0 Å². The first-order chi connectivity index (χ1) is 13.4. The Balaban J connectivity index is 1.71. The third-order valence-corrected chi connectivity index (χ3v) is 3.79. The van der Waals surface area contributed by atoms with E-state index in [1.807, 2.05) is 0 Å². The van der Waals surface area contributed by atoms with E-state index < -0.39 is 23.2 Å². The molecule has 0 aliphatic carbocycles. The van der Waals surface area contributed by atoms with Gasteiger partial charge in [-0.3, -0.25) is 30.2 Å². The van der Waals surface area contributed by atoms with Crippen LogP contribution in [0.1, 0.15) is 26.4 Å². The Labute approximate surface area is 162 Å². The van der Waals surface area contributed by atoms with Crippen molar-refractivity contribution in [1.82, 2.24) is 30.6 Å². The number of hydrogen-bond donors (Lipinski definition) is 2. The molecular weight excluding hydrogens is 391 g/mol. The zero-order valence-corrected chi connectivity index (χ0v) is 14.9. The molecule has 0 aliphatic rings. The number of nitrogens with one attached hydrogen (secondary N) is 2. The van der Waals surface area contributed by atoms with E-state index in [9.17, 15) is 18.8 Å². The smallest absolute Gasteiger partial charge is 0.268 e. The fraction of sp³-hybridized carbons (Fsp3) is 0.0588. The molecule has 11 heteroatoms. The first-order valence-electron chi connectivity index (χ1n) is 7.83. The van der Waals surface area contributed by atoms with Crippen molar-refractivity contribution >= 4 is 23.4 Å². The predicted octanol–water partition coefficient (Wildman–Crippen LogP) is 0.949. The lowest BCUT2D eigenvalue weighted by Gasteiger charge is -2.09. The molecule has 3 rings (SSSR count). The molecule has 2 N–H and O–H groups in total. The van der Waals surface area contributed by atoms with Crippen LogP contribution in [0.4, 0.5) is 4.39 Å². The van der Waals surface area contributed by atoms with Gasteiger partial charge in [0.2, 0.25) is 0 Å². The zero-order valence-electron chi connectivity index (χ0n) is 14.1. The van der Waals surface area contributed by atoms with Gasteiger partial charge in [-0.1, -0.05) is 11.6 Å². The Bertz CT molecular complexity index is 1100. The van der Waals surface area contributed by atoms with Crippen molar-refractivity contribution < 1.29 is 14.0 Å². The molecule has 0 atom stereocenters. The van der Waals surface area contributed by atoms with Crippen LogP contribution in [-0.4, -0.2) is 31.6 Å². The van der Waals surface area contributed by atoms with Gasteiger partial charge in [-0.2, -0.15) is 5.10 Å². The van der Waals surface area contributed by atoms with Crippen molar-refractivity contribution in [3.05, 3.63) is 87.1 Å². The number of amides is 2. The lowest BCUT2D eigenvalue weighted by atomic mass is 10.3. The number of rotatable bonds is 4. The van der Waals surface area contributed by atoms with E-state index in [1.165, 1.54) is 36.7 Å². The molecule has 0 fully saturated rings. The Kier molecular flexibility index (Phi) is 5.70. The second-order valence-corrected chi connectivity index (χ2v) is 5.83. The average Bonchev–Trinajstić information content (AvgIpc) is 2.68. The monoisotopic (exact) mass is 402 g/mol. The van der Waals surface area contributed by atoms with Gasteiger partial charge in [0.25, 0.3) is 17.4 Å². The number of aromatic nitrogens is 4. The van der Waals surface area contributed by atoms with E-state index in [0.717, 1.165) is 16.9 Å². The van der Waals surface area contributed by atoms with Crippen molar-refractivity contribution in [1.29, 1.82) is 0 Å². The molecule has 0 spiro atoms. The lowest BCUT2D eigenvalue weighted by Crippen LogP contribution is -2.42. The van der Waals surface area contributed by atoms with Gasteiger partial charge in [0.15, 0.2) is 5.69 Å². The van der Waals surface area contributed by atoms with Crippen molar-refractivity contribution in [3.8, 4) is 0 Å². The Hall–Kier alpha value is -3.66. The summed E-state index contributed by atoms with van der Waals surface area (Å²) in [6, 6.07) is 6.48. The van der Waals surface area contributed by atoms with Gasteiger partial charge < -0.3 is 0 Å². The predicted molar refractivity (Wildman–Crippen MR) is 96.0 cm³/mol. The summed E-state index contributed by atoms with van der Waals surface area (Å²) in [5.41, 5.74) is 4.18. The SMILES string of the molecule is O=C(NNC(=O)c1cccnc1Cl)c1ccc(=O)n(Cc2cncc(F)c2)n1. The standard InChI is InChI=1S/C17H12ClFN6O3/c18-15-12(2-1-5-21-15)16(27)22-23-17(28)13-3-4-14(26)25(24-13)9-10-6-11(19)8-20-7-10/h1-8H,9H2,(H,22,27)(H,23,28). The second-order valence-electron chi connectivity index (χ2n) is 5.48. The third-order valence-electron chi connectivity index (χ3n) is 3.49. The van der Waals surface area contributed by atoms with Crippen LogP contribution in [0.25, 0.3) is 0 Å². The highest BCUT2D eigenvalue weighted by atomic mass is 35.5. The van der Waals surface area contributed by atoms with Gasteiger partial charge in [-0.25, -0.2) is 14.1 Å². The van der Waals surface area contributed by atoms with Gasteiger partial charge in [-0.05, 0) is 29.8 Å². The summed E-state index contributed by atoms with van der Waals surface area (Å²) < 4.78 is 14.2. The molecule has 0 saturated heterocycles. The number of hydrazine groups is 1. The Morgan fingerprint density at radius 1 is 1.14 bits per heavy atom. The van der Waals surface area contributed by atoms with E-state index >= 15 is 0 Å². The normalized spacial score (nSPS) is 10.4. The van der Waals surface area contributed by atoms with E-state index in [2.05, 4.69) is 25.9 Å². The quantitative estimate of drug-likeness (QED) is 0.495.